The van der Waals surface area contributed by atoms with Crippen molar-refractivity contribution >= 4 is 27.5 Å². The number of hydrogen-bond acceptors (Lipinski definition) is 4. The van der Waals surface area contributed by atoms with E-state index in [4.69, 9.17) is 5.73 Å². The van der Waals surface area contributed by atoms with Crippen LogP contribution in [0, 0.1) is 0 Å². The third-order valence-corrected chi connectivity index (χ3v) is 4.91. The van der Waals surface area contributed by atoms with Crippen LogP contribution < -0.4 is 15.8 Å². The van der Waals surface area contributed by atoms with Crippen LogP contribution in [0.25, 0.3) is 0 Å². The molecule has 7 nitrogen and oxygen atoms in total. The average Bonchev–Trinajstić information content (AvgIpc) is 2.56. The maximum absolute atomic E-state index is 12.2. The lowest BCUT2D eigenvalue weighted by Gasteiger charge is -2.08. The molecule has 132 valence electrons. The molecular formula is C17H19N3O4S. The fourth-order valence-electron chi connectivity index (χ4n) is 2.17. The lowest BCUT2D eigenvalue weighted by molar-refractivity contribution is -0.117. The maximum atomic E-state index is 12.2. The second kappa shape index (κ2) is 7.91. The monoisotopic (exact) mass is 361 g/mol. The van der Waals surface area contributed by atoms with Gasteiger partial charge in [-0.15, -0.1) is 0 Å². The summed E-state index contributed by atoms with van der Waals surface area (Å²) in [6.45, 7) is 1.98. The lowest BCUT2D eigenvalue weighted by atomic mass is 10.1. The van der Waals surface area contributed by atoms with Gasteiger partial charge in [0.2, 0.25) is 15.9 Å². The summed E-state index contributed by atoms with van der Waals surface area (Å²) < 4.78 is 26.1. The highest BCUT2D eigenvalue weighted by molar-refractivity contribution is 7.89. The summed E-state index contributed by atoms with van der Waals surface area (Å²) in [5.41, 5.74) is 6.77. The Morgan fingerprint density at radius 3 is 2.12 bits per heavy atom. The van der Waals surface area contributed by atoms with Gasteiger partial charge in [-0.1, -0.05) is 19.1 Å². The molecule has 4 N–H and O–H groups in total. The van der Waals surface area contributed by atoms with Crippen molar-refractivity contribution in [3.8, 4) is 0 Å². The second-order valence-corrected chi connectivity index (χ2v) is 7.09. The summed E-state index contributed by atoms with van der Waals surface area (Å²) in [5.74, 6) is -0.792. The molecule has 0 unspecified atom stereocenters. The number of nitrogens with one attached hydrogen (secondary N) is 2. The molecule has 0 saturated carbocycles. The molecule has 8 heteroatoms. The van der Waals surface area contributed by atoms with Gasteiger partial charge in [0, 0.05) is 17.8 Å². The minimum absolute atomic E-state index is 0.0988. The normalized spacial score (nSPS) is 11.1. The first-order valence-corrected chi connectivity index (χ1v) is 9.08. The van der Waals surface area contributed by atoms with Gasteiger partial charge < -0.3 is 11.1 Å². The van der Waals surface area contributed by atoms with Gasteiger partial charge in [-0.3, -0.25) is 9.59 Å². The fourth-order valence-corrected chi connectivity index (χ4v) is 3.21. The highest BCUT2D eigenvalue weighted by atomic mass is 32.2. The summed E-state index contributed by atoms with van der Waals surface area (Å²) in [4.78, 5) is 23.2. The number of carbonyl (C=O) groups excluding carboxylic acids is 2. The molecule has 0 aromatic heterocycles. The Bertz CT molecular complexity index is 860. The van der Waals surface area contributed by atoms with Gasteiger partial charge in [-0.05, 0) is 42.0 Å². The molecule has 0 aliphatic carbocycles. The minimum Gasteiger partial charge on any atom is -0.369 e. The summed E-state index contributed by atoms with van der Waals surface area (Å²) in [6.07, 6.45) is 0.135. The van der Waals surface area contributed by atoms with Gasteiger partial charge in [0.1, 0.15) is 0 Å². The smallest absolute Gasteiger partial charge is 0.255 e. The van der Waals surface area contributed by atoms with Crippen molar-refractivity contribution in [3.05, 3.63) is 59.7 Å². The molecular weight excluding hydrogens is 342 g/mol. The van der Waals surface area contributed by atoms with Gasteiger partial charge in [0.15, 0.2) is 0 Å². The van der Waals surface area contributed by atoms with E-state index in [0.29, 0.717) is 11.3 Å². The molecule has 0 radical (unpaired) electrons. The highest BCUT2D eigenvalue weighted by Gasteiger charge is 2.13. The fraction of sp³-hybridized carbons (Fsp3) is 0.176. The van der Waals surface area contributed by atoms with Crippen molar-refractivity contribution in [2.45, 2.75) is 18.2 Å². The van der Waals surface area contributed by atoms with E-state index in [2.05, 4.69) is 10.0 Å². The number of amides is 2. The number of rotatable bonds is 7. The molecule has 2 aromatic rings. The zero-order valence-electron chi connectivity index (χ0n) is 13.7. The van der Waals surface area contributed by atoms with Crippen LogP contribution in [0.5, 0.6) is 0 Å². The van der Waals surface area contributed by atoms with Gasteiger partial charge in [0.25, 0.3) is 5.91 Å². The number of carbonyl (C=O) groups is 2. The molecule has 0 bridgehead atoms. The predicted octanol–water partition coefficient (Wildman–Crippen LogP) is 1.26. The number of hydrogen-bond donors (Lipinski definition) is 3. The van der Waals surface area contributed by atoms with E-state index >= 15 is 0 Å². The molecule has 0 heterocycles. The number of nitrogens with two attached hydrogens (primary N) is 1. The Morgan fingerprint density at radius 1 is 1.00 bits per heavy atom. The zero-order valence-corrected chi connectivity index (χ0v) is 14.5. The Labute approximate surface area is 146 Å². The van der Waals surface area contributed by atoms with E-state index in [9.17, 15) is 18.0 Å². The molecule has 2 amide bonds. The first kappa shape index (κ1) is 18.6. The molecule has 0 aliphatic rings. The standard InChI is InChI=1S/C17H19N3O4S/c1-2-19-25(23,24)15-9-5-13(6-10-15)17(22)20-14-7-3-12(4-8-14)11-16(18)21/h3-10,19H,2,11H2,1H3,(H2,18,21)(H,20,22). The number of benzene rings is 2. The van der Waals surface area contributed by atoms with Crippen LogP contribution in [0.4, 0.5) is 5.69 Å². The number of anilines is 1. The van der Waals surface area contributed by atoms with Crippen LogP contribution in [0.3, 0.4) is 0 Å². The number of primary amides is 1. The van der Waals surface area contributed by atoms with Crippen molar-refractivity contribution in [1.82, 2.24) is 4.72 Å². The van der Waals surface area contributed by atoms with Gasteiger partial charge in [-0.2, -0.15) is 0 Å². The summed E-state index contributed by atoms with van der Waals surface area (Å²) in [7, 11) is -3.55. The Morgan fingerprint density at radius 2 is 1.60 bits per heavy atom. The van der Waals surface area contributed by atoms with Crippen molar-refractivity contribution in [2.24, 2.45) is 5.73 Å². The number of sulfonamides is 1. The maximum Gasteiger partial charge on any atom is 0.255 e. The van der Waals surface area contributed by atoms with Crippen molar-refractivity contribution in [3.63, 3.8) is 0 Å². The quantitative estimate of drug-likeness (QED) is 0.688. The predicted molar refractivity (Wildman–Crippen MR) is 94.6 cm³/mol. The van der Waals surface area contributed by atoms with Crippen LogP contribution in [0.15, 0.2) is 53.4 Å². The zero-order chi connectivity index (χ0) is 18.4. The molecule has 25 heavy (non-hydrogen) atoms. The van der Waals surface area contributed by atoms with Crippen LogP contribution in [-0.2, 0) is 21.2 Å². The van der Waals surface area contributed by atoms with E-state index in [0.717, 1.165) is 5.56 Å². The molecule has 0 fully saturated rings. The molecule has 0 atom stereocenters. The Hall–Kier alpha value is -2.71. The van der Waals surface area contributed by atoms with Crippen LogP contribution in [0.1, 0.15) is 22.8 Å². The summed E-state index contributed by atoms with van der Waals surface area (Å²) in [5, 5.41) is 2.70. The van der Waals surface area contributed by atoms with E-state index < -0.39 is 15.9 Å². The van der Waals surface area contributed by atoms with Crippen molar-refractivity contribution in [1.29, 1.82) is 0 Å². The van der Waals surface area contributed by atoms with Gasteiger partial charge >= 0.3 is 0 Å². The molecule has 0 saturated heterocycles. The Balaban J connectivity index is 2.07. The topological polar surface area (TPSA) is 118 Å². The first-order valence-electron chi connectivity index (χ1n) is 7.60. The van der Waals surface area contributed by atoms with E-state index in [-0.39, 0.29) is 23.8 Å². The minimum atomic E-state index is -3.55. The van der Waals surface area contributed by atoms with E-state index in [1.165, 1.54) is 24.3 Å². The van der Waals surface area contributed by atoms with Crippen LogP contribution >= 0.6 is 0 Å². The van der Waals surface area contributed by atoms with Crippen LogP contribution in [-0.4, -0.2) is 26.8 Å². The first-order chi connectivity index (χ1) is 11.8. The highest BCUT2D eigenvalue weighted by Crippen LogP contribution is 2.14. The van der Waals surface area contributed by atoms with E-state index in [1.54, 1.807) is 31.2 Å². The molecule has 0 aliphatic heterocycles. The Kier molecular flexibility index (Phi) is 5.89. The third kappa shape index (κ3) is 5.13. The van der Waals surface area contributed by atoms with Gasteiger partial charge in [0.05, 0.1) is 11.3 Å². The third-order valence-electron chi connectivity index (χ3n) is 3.35. The van der Waals surface area contributed by atoms with Crippen molar-refractivity contribution in [2.75, 3.05) is 11.9 Å². The van der Waals surface area contributed by atoms with Gasteiger partial charge in [-0.25, -0.2) is 13.1 Å². The largest absolute Gasteiger partial charge is 0.369 e. The second-order valence-electron chi connectivity index (χ2n) is 5.32. The molecule has 2 rings (SSSR count). The lowest BCUT2D eigenvalue weighted by Crippen LogP contribution is -2.23. The van der Waals surface area contributed by atoms with Crippen molar-refractivity contribution < 1.29 is 18.0 Å². The SMILES string of the molecule is CCNS(=O)(=O)c1ccc(C(=O)Nc2ccc(CC(N)=O)cc2)cc1. The average molecular weight is 361 g/mol. The van der Waals surface area contributed by atoms with E-state index in [1.807, 2.05) is 0 Å². The van der Waals surface area contributed by atoms with Crippen LogP contribution in [0.2, 0.25) is 0 Å². The molecule has 2 aromatic carbocycles. The summed E-state index contributed by atoms with van der Waals surface area (Å²) in [6, 6.07) is 12.4. The summed E-state index contributed by atoms with van der Waals surface area (Å²) >= 11 is 0. The molecule has 0 spiro atoms.